The van der Waals surface area contributed by atoms with Crippen LogP contribution in [0.3, 0.4) is 0 Å². The van der Waals surface area contributed by atoms with Crippen LogP contribution in [0.4, 0.5) is 0 Å². The molecule has 0 N–H and O–H groups in total. The first-order valence-corrected chi connectivity index (χ1v) is 12.6. The average molecular weight is 388 g/mol. The SMILES string of the molecule is CC12CCC3CC4CCCCC4CCC3C1CC[C@@H]2c1ccc2ccncc2c1. The lowest BCUT2D eigenvalue weighted by molar-refractivity contribution is 0.0222. The number of rotatable bonds is 1. The Morgan fingerprint density at radius 3 is 2.66 bits per heavy atom. The van der Waals surface area contributed by atoms with Gasteiger partial charge in [-0.2, -0.15) is 0 Å². The van der Waals surface area contributed by atoms with Crippen molar-refractivity contribution in [1.29, 1.82) is 0 Å². The topological polar surface area (TPSA) is 12.9 Å². The molecule has 0 spiro atoms. The molecule has 1 nitrogen and oxygen atoms in total. The Balaban J connectivity index is 1.29. The van der Waals surface area contributed by atoms with E-state index in [2.05, 4.69) is 42.4 Å². The fraction of sp³-hybridized carbons (Fsp3) is 0.679. The monoisotopic (exact) mass is 387 g/mol. The Morgan fingerprint density at radius 2 is 1.72 bits per heavy atom. The summed E-state index contributed by atoms with van der Waals surface area (Å²) >= 11 is 0. The number of aromatic nitrogens is 1. The van der Waals surface area contributed by atoms with E-state index in [1.54, 1.807) is 37.7 Å². The standard InChI is InChI=1S/C28H37N/c1-28-14-12-22-16-21-5-3-2-4-19(21)8-9-25(22)27(28)11-10-26(28)23-7-6-20-13-15-29-18-24(20)17-23/h6-7,13,15,17-19,21-22,25-27H,2-5,8-12,14,16H2,1H3/t19?,21?,22?,25?,26-,27?,28?/m1/s1. The van der Waals surface area contributed by atoms with Crippen molar-refractivity contribution in [2.45, 2.75) is 83.5 Å². The molecule has 4 aliphatic rings. The molecule has 2 aromatic rings. The van der Waals surface area contributed by atoms with Crippen molar-refractivity contribution >= 4 is 10.8 Å². The van der Waals surface area contributed by atoms with E-state index >= 15 is 0 Å². The first-order valence-electron chi connectivity index (χ1n) is 12.6. The summed E-state index contributed by atoms with van der Waals surface area (Å²) in [5.41, 5.74) is 2.11. The van der Waals surface area contributed by atoms with Gasteiger partial charge in [-0.25, -0.2) is 0 Å². The predicted molar refractivity (Wildman–Crippen MR) is 121 cm³/mol. The Morgan fingerprint density at radius 1 is 0.828 bits per heavy atom. The number of nitrogens with zero attached hydrogens (tertiary/aromatic N) is 1. The van der Waals surface area contributed by atoms with E-state index < -0.39 is 0 Å². The summed E-state index contributed by atoms with van der Waals surface area (Å²) in [6.07, 6.45) is 20.6. The van der Waals surface area contributed by atoms with Crippen molar-refractivity contribution in [3.05, 3.63) is 42.2 Å². The molecule has 4 aliphatic carbocycles. The van der Waals surface area contributed by atoms with E-state index in [0.717, 1.165) is 35.5 Å². The smallest absolute Gasteiger partial charge is 0.0346 e. The Hall–Kier alpha value is -1.37. The highest BCUT2D eigenvalue weighted by atomic mass is 14.6. The highest BCUT2D eigenvalue weighted by Gasteiger charge is 2.54. The minimum atomic E-state index is 0.520. The normalized spacial score (nSPS) is 42.0. The van der Waals surface area contributed by atoms with Crippen LogP contribution in [0.2, 0.25) is 0 Å². The van der Waals surface area contributed by atoms with E-state index in [1.165, 1.54) is 49.3 Å². The van der Waals surface area contributed by atoms with Crippen LogP contribution < -0.4 is 0 Å². The van der Waals surface area contributed by atoms with Crippen molar-refractivity contribution in [3.63, 3.8) is 0 Å². The Bertz CT molecular complexity index is 887. The number of hydrogen-bond donors (Lipinski definition) is 0. The summed E-state index contributed by atoms with van der Waals surface area (Å²) in [6, 6.07) is 9.39. The molecule has 0 saturated heterocycles. The third kappa shape index (κ3) is 2.98. The van der Waals surface area contributed by atoms with Gasteiger partial charge in [0.05, 0.1) is 0 Å². The van der Waals surface area contributed by atoms with Gasteiger partial charge in [-0.3, -0.25) is 4.98 Å². The lowest BCUT2D eigenvalue weighted by atomic mass is 9.56. The van der Waals surface area contributed by atoms with E-state index in [9.17, 15) is 0 Å². The zero-order valence-electron chi connectivity index (χ0n) is 18.2. The third-order valence-corrected chi connectivity index (χ3v) is 10.2. The summed E-state index contributed by atoms with van der Waals surface area (Å²) in [5, 5.41) is 2.66. The summed E-state index contributed by atoms with van der Waals surface area (Å²) in [6.45, 7) is 2.68. The Kier molecular flexibility index (Phi) is 4.51. The van der Waals surface area contributed by atoms with Crippen molar-refractivity contribution in [1.82, 2.24) is 4.98 Å². The summed E-state index contributed by atoms with van der Waals surface area (Å²) in [4.78, 5) is 4.38. The van der Waals surface area contributed by atoms with E-state index in [-0.39, 0.29) is 0 Å². The summed E-state index contributed by atoms with van der Waals surface area (Å²) < 4.78 is 0. The highest BCUT2D eigenvalue weighted by molar-refractivity contribution is 5.82. The molecule has 154 valence electrons. The molecule has 0 aliphatic heterocycles. The molecule has 6 unspecified atom stereocenters. The third-order valence-electron chi connectivity index (χ3n) is 10.2. The van der Waals surface area contributed by atoms with Crippen molar-refractivity contribution < 1.29 is 0 Å². The van der Waals surface area contributed by atoms with Crippen LogP contribution >= 0.6 is 0 Å². The molecule has 1 aromatic heterocycles. The number of pyridine rings is 1. The maximum absolute atomic E-state index is 4.38. The second-order valence-electron chi connectivity index (χ2n) is 11.3. The summed E-state index contributed by atoms with van der Waals surface area (Å²) in [7, 11) is 0. The van der Waals surface area contributed by atoms with Gasteiger partial charge in [-0.1, -0.05) is 44.7 Å². The number of fused-ring (bicyclic) bond motifs is 5. The first kappa shape index (κ1) is 18.4. The molecule has 1 heteroatoms. The van der Waals surface area contributed by atoms with Gasteiger partial charge in [0.15, 0.2) is 0 Å². The number of benzene rings is 1. The van der Waals surface area contributed by atoms with Gasteiger partial charge in [0.25, 0.3) is 0 Å². The van der Waals surface area contributed by atoms with E-state index in [4.69, 9.17) is 0 Å². The fourth-order valence-corrected chi connectivity index (χ4v) is 8.73. The van der Waals surface area contributed by atoms with Crippen molar-refractivity contribution in [3.8, 4) is 0 Å². The van der Waals surface area contributed by atoms with Crippen LogP contribution in [-0.2, 0) is 0 Å². The van der Waals surface area contributed by atoms with Gasteiger partial charge in [-0.05, 0) is 109 Å². The van der Waals surface area contributed by atoms with Gasteiger partial charge in [0, 0.05) is 17.8 Å². The van der Waals surface area contributed by atoms with Gasteiger partial charge >= 0.3 is 0 Å². The predicted octanol–water partition coefficient (Wildman–Crippen LogP) is 7.75. The zero-order valence-corrected chi connectivity index (χ0v) is 18.2. The molecule has 0 amide bonds. The van der Waals surface area contributed by atoms with Gasteiger partial charge in [-0.15, -0.1) is 0 Å². The lowest BCUT2D eigenvalue weighted by Gasteiger charge is -2.49. The molecular formula is C28H37N. The molecule has 0 radical (unpaired) electrons. The van der Waals surface area contributed by atoms with E-state index in [0.29, 0.717) is 5.41 Å². The number of hydrogen-bond acceptors (Lipinski definition) is 1. The molecule has 29 heavy (non-hydrogen) atoms. The minimum Gasteiger partial charge on any atom is -0.264 e. The van der Waals surface area contributed by atoms with Gasteiger partial charge < -0.3 is 0 Å². The van der Waals surface area contributed by atoms with Crippen LogP contribution in [0.5, 0.6) is 0 Å². The molecule has 6 rings (SSSR count). The molecule has 1 heterocycles. The zero-order chi connectivity index (χ0) is 19.4. The van der Waals surface area contributed by atoms with Crippen LogP contribution in [0.25, 0.3) is 10.8 Å². The van der Waals surface area contributed by atoms with Gasteiger partial charge in [0.1, 0.15) is 0 Å². The van der Waals surface area contributed by atoms with E-state index in [1.807, 2.05) is 6.20 Å². The Labute approximate surface area is 176 Å². The van der Waals surface area contributed by atoms with Crippen LogP contribution in [0.1, 0.15) is 89.0 Å². The average Bonchev–Trinajstić information content (AvgIpc) is 2.99. The lowest BCUT2D eigenvalue weighted by Crippen LogP contribution is -2.40. The molecule has 7 atom stereocenters. The minimum absolute atomic E-state index is 0.520. The highest BCUT2D eigenvalue weighted by Crippen LogP contribution is 2.64. The first-order chi connectivity index (χ1) is 14.2. The largest absolute Gasteiger partial charge is 0.264 e. The van der Waals surface area contributed by atoms with Crippen molar-refractivity contribution in [2.75, 3.05) is 0 Å². The summed E-state index contributed by atoms with van der Waals surface area (Å²) in [5.74, 6) is 5.94. The second-order valence-corrected chi connectivity index (χ2v) is 11.3. The second kappa shape index (κ2) is 7.10. The van der Waals surface area contributed by atoms with Crippen LogP contribution in [0.15, 0.2) is 36.7 Å². The molecule has 1 aromatic carbocycles. The maximum atomic E-state index is 4.38. The fourth-order valence-electron chi connectivity index (χ4n) is 8.73. The molecular weight excluding hydrogens is 350 g/mol. The maximum Gasteiger partial charge on any atom is 0.0346 e. The van der Waals surface area contributed by atoms with Crippen LogP contribution in [0, 0.1) is 35.0 Å². The molecule has 4 saturated carbocycles. The quantitative estimate of drug-likeness (QED) is 0.487. The molecule has 0 bridgehead atoms. The molecule has 4 fully saturated rings. The van der Waals surface area contributed by atoms with Crippen LogP contribution in [-0.4, -0.2) is 4.98 Å². The van der Waals surface area contributed by atoms with Crippen molar-refractivity contribution in [2.24, 2.45) is 35.0 Å². The van der Waals surface area contributed by atoms with Gasteiger partial charge in [0.2, 0.25) is 0 Å².